The number of hydrogen-bond acceptors (Lipinski definition) is 7. The molecular formula is C23H28N6O3. The summed E-state index contributed by atoms with van der Waals surface area (Å²) in [5.74, 6) is 1.69. The molecule has 3 aliphatic rings. The summed E-state index contributed by atoms with van der Waals surface area (Å²) < 4.78 is 4.99. The predicted molar refractivity (Wildman–Crippen MR) is 119 cm³/mol. The molecule has 3 unspecified atom stereocenters. The molecule has 1 N–H and O–H groups in total. The van der Waals surface area contributed by atoms with Crippen molar-refractivity contribution in [1.29, 1.82) is 0 Å². The standard InChI is InChI=1S/C23H28N6O3/c1-16(25-22-24-8-6-21(26-22)29-10-11-32-23(29)31)18-4-2-17(3-5-18)12-27-9-7-19-13-28(15-30)20(19)14-27/h2-6,8,15-16,19-20H,7,9-14H2,1H3,(H,24,25,26). The lowest BCUT2D eigenvalue weighted by molar-refractivity contribution is -0.134. The minimum Gasteiger partial charge on any atom is -0.447 e. The van der Waals surface area contributed by atoms with Gasteiger partial charge in [-0.3, -0.25) is 14.6 Å². The molecule has 0 aliphatic carbocycles. The van der Waals surface area contributed by atoms with E-state index in [-0.39, 0.29) is 12.1 Å². The van der Waals surface area contributed by atoms with Crippen molar-refractivity contribution in [1.82, 2.24) is 19.8 Å². The van der Waals surface area contributed by atoms with Gasteiger partial charge in [0.1, 0.15) is 12.4 Å². The number of piperidine rings is 1. The fourth-order valence-electron chi connectivity index (χ4n) is 4.78. The Labute approximate surface area is 187 Å². The van der Waals surface area contributed by atoms with Crippen molar-refractivity contribution >= 4 is 24.3 Å². The zero-order valence-corrected chi connectivity index (χ0v) is 18.2. The fourth-order valence-corrected chi connectivity index (χ4v) is 4.78. The maximum atomic E-state index is 11.8. The second-order valence-corrected chi connectivity index (χ2v) is 8.77. The highest BCUT2D eigenvalue weighted by molar-refractivity contribution is 5.88. The van der Waals surface area contributed by atoms with Gasteiger partial charge in [-0.1, -0.05) is 24.3 Å². The first-order valence-electron chi connectivity index (χ1n) is 11.2. The van der Waals surface area contributed by atoms with E-state index >= 15 is 0 Å². The number of rotatable bonds is 7. The lowest BCUT2D eigenvalue weighted by atomic mass is 9.83. The first-order chi connectivity index (χ1) is 15.6. The number of nitrogens with one attached hydrogen (secondary N) is 1. The van der Waals surface area contributed by atoms with Crippen LogP contribution >= 0.6 is 0 Å². The first kappa shape index (κ1) is 20.7. The van der Waals surface area contributed by atoms with Gasteiger partial charge >= 0.3 is 6.09 Å². The molecule has 1 aromatic carbocycles. The van der Waals surface area contributed by atoms with Crippen molar-refractivity contribution in [3.05, 3.63) is 47.7 Å². The SMILES string of the molecule is CC(Nc1nccc(N2CCOC2=O)n1)c1ccc(CN2CCC3CN(C=O)C3C2)cc1. The minimum absolute atomic E-state index is 0.0108. The maximum absolute atomic E-state index is 11.8. The third-order valence-corrected chi connectivity index (χ3v) is 6.72. The number of benzene rings is 1. The van der Waals surface area contributed by atoms with Crippen molar-refractivity contribution in [2.24, 2.45) is 5.92 Å². The van der Waals surface area contributed by atoms with Gasteiger partial charge in [0.2, 0.25) is 12.4 Å². The highest BCUT2D eigenvalue weighted by atomic mass is 16.6. The highest BCUT2D eigenvalue weighted by Gasteiger charge is 2.41. The molecule has 9 heteroatoms. The number of amides is 2. The molecule has 5 rings (SSSR count). The number of aromatic nitrogens is 2. The molecule has 3 saturated heterocycles. The van der Waals surface area contributed by atoms with Crippen LogP contribution in [0.5, 0.6) is 0 Å². The van der Waals surface area contributed by atoms with Gasteiger partial charge < -0.3 is 15.0 Å². The van der Waals surface area contributed by atoms with Gasteiger partial charge in [-0.25, -0.2) is 9.78 Å². The van der Waals surface area contributed by atoms with Crippen LogP contribution < -0.4 is 10.2 Å². The van der Waals surface area contributed by atoms with Crippen LogP contribution in [0.3, 0.4) is 0 Å². The summed E-state index contributed by atoms with van der Waals surface area (Å²) >= 11 is 0. The zero-order chi connectivity index (χ0) is 22.1. The summed E-state index contributed by atoms with van der Waals surface area (Å²) in [5, 5.41) is 3.32. The van der Waals surface area contributed by atoms with Gasteiger partial charge in [0.05, 0.1) is 12.6 Å². The Kier molecular flexibility index (Phi) is 5.65. The van der Waals surface area contributed by atoms with Gasteiger partial charge in [-0.05, 0) is 43.0 Å². The van der Waals surface area contributed by atoms with Gasteiger partial charge in [-0.15, -0.1) is 0 Å². The number of carbonyl (C=O) groups is 2. The molecule has 0 bridgehead atoms. The topological polar surface area (TPSA) is 90.9 Å². The van der Waals surface area contributed by atoms with Crippen LogP contribution in [0, 0.1) is 5.92 Å². The predicted octanol–water partition coefficient (Wildman–Crippen LogP) is 2.27. The normalized spacial score (nSPS) is 23.8. The molecular weight excluding hydrogens is 408 g/mol. The van der Waals surface area contributed by atoms with Crippen LogP contribution in [-0.4, -0.2) is 71.1 Å². The second-order valence-electron chi connectivity index (χ2n) is 8.77. The molecule has 0 saturated carbocycles. The summed E-state index contributed by atoms with van der Waals surface area (Å²) in [6.45, 7) is 6.81. The monoisotopic (exact) mass is 436 g/mol. The number of hydrogen-bond donors (Lipinski definition) is 1. The number of ether oxygens (including phenoxy) is 1. The Morgan fingerprint density at radius 3 is 2.81 bits per heavy atom. The Bertz CT molecular complexity index is 984. The van der Waals surface area contributed by atoms with Gasteiger partial charge in [0, 0.05) is 31.9 Å². The number of likely N-dealkylation sites (tertiary alicyclic amines) is 2. The van der Waals surface area contributed by atoms with Crippen molar-refractivity contribution < 1.29 is 14.3 Å². The lowest BCUT2D eigenvalue weighted by Crippen LogP contribution is -2.63. The van der Waals surface area contributed by atoms with Crippen molar-refractivity contribution in [2.75, 3.05) is 43.0 Å². The molecule has 0 spiro atoms. The summed E-state index contributed by atoms with van der Waals surface area (Å²) in [7, 11) is 0. The second kappa shape index (κ2) is 8.74. The van der Waals surface area contributed by atoms with Crippen LogP contribution in [0.1, 0.15) is 30.5 Å². The number of nitrogens with zero attached hydrogens (tertiary/aromatic N) is 5. The quantitative estimate of drug-likeness (QED) is 0.666. The van der Waals surface area contributed by atoms with E-state index in [0.717, 1.165) is 38.2 Å². The molecule has 3 aliphatic heterocycles. The van der Waals surface area contributed by atoms with E-state index in [0.29, 0.717) is 36.9 Å². The van der Waals surface area contributed by atoms with Gasteiger partial charge in [0.15, 0.2) is 0 Å². The van der Waals surface area contributed by atoms with E-state index in [1.165, 1.54) is 16.9 Å². The number of cyclic esters (lactones) is 1. The third kappa shape index (κ3) is 4.12. The average molecular weight is 437 g/mol. The van der Waals surface area contributed by atoms with E-state index in [9.17, 15) is 9.59 Å². The molecule has 0 radical (unpaired) electrons. The van der Waals surface area contributed by atoms with Crippen molar-refractivity contribution in [2.45, 2.75) is 32.0 Å². The Hall–Kier alpha value is -3.20. The van der Waals surface area contributed by atoms with E-state index in [2.05, 4.69) is 51.4 Å². The average Bonchev–Trinajstić information content (AvgIpc) is 3.22. The molecule has 3 atom stereocenters. The number of anilines is 2. The summed E-state index contributed by atoms with van der Waals surface area (Å²) in [6.07, 6.45) is 3.42. The van der Waals surface area contributed by atoms with E-state index in [1.54, 1.807) is 12.3 Å². The fraction of sp³-hybridized carbons (Fsp3) is 0.478. The van der Waals surface area contributed by atoms with E-state index < -0.39 is 0 Å². The van der Waals surface area contributed by atoms with Gasteiger partial charge in [0.25, 0.3) is 0 Å². The molecule has 168 valence electrons. The zero-order valence-electron chi connectivity index (χ0n) is 18.2. The van der Waals surface area contributed by atoms with Crippen LogP contribution in [-0.2, 0) is 16.1 Å². The molecule has 1 aromatic heterocycles. The molecule has 9 nitrogen and oxygen atoms in total. The Balaban J connectivity index is 1.18. The smallest absolute Gasteiger partial charge is 0.415 e. The largest absolute Gasteiger partial charge is 0.447 e. The summed E-state index contributed by atoms with van der Waals surface area (Å²) in [6, 6.07) is 10.7. The van der Waals surface area contributed by atoms with Crippen LogP contribution in [0.4, 0.5) is 16.6 Å². The van der Waals surface area contributed by atoms with Crippen molar-refractivity contribution in [3.8, 4) is 0 Å². The molecule has 3 fully saturated rings. The molecule has 4 heterocycles. The van der Waals surface area contributed by atoms with Crippen LogP contribution in [0.25, 0.3) is 0 Å². The Morgan fingerprint density at radius 2 is 2.06 bits per heavy atom. The highest BCUT2D eigenvalue weighted by Crippen LogP contribution is 2.31. The van der Waals surface area contributed by atoms with Crippen LogP contribution in [0.15, 0.2) is 36.5 Å². The third-order valence-electron chi connectivity index (χ3n) is 6.72. The molecule has 32 heavy (non-hydrogen) atoms. The van der Waals surface area contributed by atoms with E-state index in [4.69, 9.17) is 4.74 Å². The summed E-state index contributed by atoms with van der Waals surface area (Å²) in [5.41, 5.74) is 2.40. The number of fused-ring (bicyclic) bond motifs is 1. The first-order valence-corrected chi connectivity index (χ1v) is 11.2. The molecule has 2 amide bonds. The van der Waals surface area contributed by atoms with E-state index in [1.807, 2.05) is 4.90 Å². The maximum Gasteiger partial charge on any atom is 0.415 e. The Morgan fingerprint density at radius 1 is 1.22 bits per heavy atom. The van der Waals surface area contributed by atoms with Crippen LogP contribution in [0.2, 0.25) is 0 Å². The summed E-state index contributed by atoms with van der Waals surface area (Å²) in [4.78, 5) is 37.5. The lowest BCUT2D eigenvalue weighted by Gasteiger charge is -2.52. The van der Waals surface area contributed by atoms with Gasteiger partial charge in [-0.2, -0.15) is 4.98 Å². The minimum atomic E-state index is -0.376. The molecule has 2 aromatic rings. The number of carbonyl (C=O) groups excluding carboxylic acids is 2. The van der Waals surface area contributed by atoms with Crippen molar-refractivity contribution in [3.63, 3.8) is 0 Å².